The summed E-state index contributed by atoms with van der Waals surface area (Å²) >= 11 is 1.37. The van der Waals surface area contributed by atoms with E-state index in [1.165, 1.54) is 23.9 Å². The second kappa shape index (κ2) is 8.55. The molecule has 0 saturated heterocycles. The van der Waals surface area contributed by atoms with Gasteiger partial charge in [-0.15, -0.1) is 0 Å². The summed E-state index contributed by atoms with van der Waals surface area (Å²) in [5.41, 5.74) is 2.42. The van der Waals surface area contributed by atoms with Gasteiger partial charge in [0.05, 0.1) is 11.0 Å². The summed E-state index contributed by atoms with van der Waals surface area (Å²) in [4.78, 5) is 35.7. The van der Waals surface area contributed by atoms with Crippen LogP contribution < -0.4 is 10.9 Å². The summed E-state index contributed by atoms with van der Waals surface area (Å²) in [6, 6.07) is 4.49. The first-order valence-electron chi connectivity index (χ1n) is 8.90. The average Bonchev–Trinajstić information content (AvgIpc) is 2.95. The predicted octanol–water partition coefficient (Wildman–Crippen LogP) is 2.12. The molecule has 0 aliphatic heterocycles. The van der Waals surface area contributed by atoms with E-state index in [1.807, 2.05) is 17.9 Å². The Kier molecular flexibility index (Phi) is 6.13. The highest BCUT2D eigenvalue weighted by Gasteiger charge is 2.12. The van der Waals surface area contributed by atoms with Gasteiger partial charge in [0.1, 0.15) is 11.6 Å². The van der Waals surface area contributed by atoms with E-state index in [4.69, 9.17) is 0 Å². The third-order valence-electron chi connectivity index (χ3n) is 4.60. The van der Waals surface area contributed by atoms with Crippen LogP contribution in [0.2, 0.25) is 0 Å². The molecule has 0 unspecified atom stereocenters. The smallest absolute Gasteiger partial charge is 0.254 e. The minimum atomic E-state index is -0.323. The number of thioether (sulfide) groups is 1. The van der Waals surface area contributed by atoms with Crippen molar-refractivity contribution in [3.8, 4) is 0 Å². The number of halogens is 1. The van der Waals surface area contributed by atoms with Gasteiger partial charge in [0, 0.05) is 43.8 Å². The Morgan fingerprint density at radius 2 is 2.11 bits per heavy atom. The van der Waals surface area contributed by atoms with Gasteiger partial charge in [-0.3, -0.25) is 9.59 Å². The molecule has 2 N–H and O–H groups in total. The maximum Gasteiger partial charge on any atom is 0.254 e. The molecule has 9 heteroatoms. The Labute approximate surface area is 165 Å². The van der Waals surface area contributed by atoms with Crippen LogP contribution in [0.4, 0.5) is 4.39 Å². The van der Waals surface area contributed by atoms with Crippen molar-refractivity contribution in [2.45, 2.75) is 31.3 Å². The Hall–Kier alpha value is -2.68. The molecule has 0 spiro atoms. The first kappa shape index (κ1) is 20.1. The number of imidazole rings is 1. The van der Waals surface area contributed by atoms with E-state index in [0.717, 1.165) is 11.3 Å². The van der Waals surface area contributed by atoms with Crippen molar-refractivity contribution in [3.05, 3.63) is 51.5 Å². The van der Waals surface area contributed by atoms with Crippen LogP contribution >= 0.6 is 11.8 Å². The number of hydrogen-bond donors (Lipinski definition) is 2. The van der Waals surface area contributed by atoms with Gasteiger partial charge in [0.2, 0.25) is 5.91 Å². The molecule has 1 amide bonds. The van der Waals surface area contributed by atoms with E-state index in [-0.39, 0.29) is 23.7 Å². The van der Waals surface area contributed by atoms with Gasteiger partial charge in [-0.05, 0) is 31.7 Å². The predicted molar refractivity (Wildman–Crippen MR) is 107 cm³/mol. The van der Waals surface area contributed by atoms with E-state index in [1.54, 1.807) is 13.0 Å². The van der Waals surface area contributed by atoms with Gasteiger partial charge in [-0.1, -0.05) is 11.8 Å². The monoisotopic (exact) mass is 403 g/mol. The van der Waals surface area contributed by atoms with Gasteiger partial charge in [0.25, 0.3) is 5.56 Å². The van der Waals surface area contributed by atoms with Gasteiger partial charge in [0.15, 0.2) is 5.16 Å². The van der Waals surface area contributed by atoms with E-state index in [9.17, 15) is 14.0 Å². The lowest BCUT2D eigenvalue weighted by Crippen LogP contribution is -2.27. The maximum absolute atomic E-state index is 13.3. The molecule has 7 nitrogen and oxygen atoms in total. The number of carbonyl (C=O) groups excluding carboxylic acids is 1. The van der Waals surface area contributed by atoms with Gasteiger partial charge in [-0.25, -0.2) is 14.4 Å². The average molecular weight is 403 g/mol. The fraction of sp³-hybridized carbons (Fsp3) is 0.368. The molecule has 0 bridgehead atoms. The van der Waals surface area contributed by atoms with E-state index in [0.29, 0.717) is 41.3 Å². The number of H-pyrrole nitrogens is 1. The summed E-state index contributed by atoms with van der Waals surface area (Å²) in [6.07, 6.45) is 2.91. The highest BCUT2D eigenvalue weighted by Crippen LogP contribution is 2.16. The third-order valence-corrected chi connectivity index (χ3v) is 5.18. The second-order valence-corrected chi connectivity index (χ2v) is 7.25. The van der Waals surface area contributed by atoms with Crippen LogP contribution in [0.3, 0.4) is 0 Å². The number of rotatable bonds is 7. The number of carbonyl (C=O) groups is 1. The van der Waals surface area contributed by atoms with Crippen LogP contribution in [-0.4, -0.2) is 38.2 Å². The molecular weight excluding hydrogens is 381 g/mol. The van der Waals surface area contributed by atoms with Crippen molar-refractivity contribution in [1.82, 2.24) is 24.8 Å². The van der Waals surface area contributed by atoms with Gasteiger partial charge < -0.3 is 14.9 Å². The molecule has 148 valence electrons. The van der Waals surface area contributed by atoms with Crippen LogP contribution in [0.5, 0.6) is 0 Å². The van der Waals surface area contributed by atoms with Crippen LogP contribution in [0.1, 0.15) is 23.5 Å². The minimum absolute atomic E-state index is 0.141. The van der Waals surface area contributed by atoms with Crippen molar-refractivity contribution in [2.75, 3.05) is 12.8 Å². The molecule has 2 aromatic heterocycles. The summed E-state index contributed by atoms with van der Waals surface area (Å²) in [7, 11) is 1.87. The molecule has 0 aliphatic carbocycles. The summed E-state index contributed by atoms with van der Waals surface area (Å²) < 4.78 is 15.2. The Balaban J connectivity index is 1.54. The molecule has 0 fully saturated rings. The summed E-state index contributed by atoms with van der Waals surface area (Å²) in [6.45, 7) is 2.19. The van der Waals surface area contributed by atoms with Crippen LogP contribution in [0, 0.1) is 12.7 Å². The fourth-order valence-corrected chi connectivity index (χ4v) is 3.49. The lowest BCUT2D eigenvalue weighted by atomic mass is 10.1. The van der Waals surface area contributed by atoms with E-state index < -0.39 is 0 Å². The summed E-state index contributed by atoms with van der Waals surface area (Å²) in [5, 5.41) is 3.41. The maximum atomic E-state index is 13.3. The van der Waals surface area contributed by atoms with Gasteiger partial charge in [-0.2, -0.15) is 0 Å². The molecule has 0 atom stereocenters. The van der Waals surface area contributed by atoms with Crippen LogP contribution in [0.15, 0.2) is 28.2 Å². The molecule has 0 radical (unpaired) electrons. The number of hydrogen-bond acceptors (Lipinski definition) is 5. The number of aromatic nitrogens is 4. The van der Waals surface area contributed by atoms with Crippen LogP contribution in [0.25, 0.3) is 11.0 Å². The molecule has 0 aliphatic rings. The summed E-state index contributed by atoms with van der Waals surface area (Å²) in [5.74, 6) is 0.304. The fourth-order valence-electron chi connectivity index (χ4n) is 3.06. The molecule has 0 saturated carbocycles. The zero-order chi connectivity index (χ0) is 20.3. The van der Waals surface area contributed by atoms with Gasteiger partial charge >= 0.3 is 0 Å². The number of nitrogens with one attached hydrogen (secondary N) is 2. The van der Waals surface area contributed by atoms with E-state index in [2.05, 4.69) is 20.3 Å². The lowest BCUT2D eigenvalue weighted by Gasteiger charge is -2.07. The quantitative estimate of drug-likeness (QED) is 0.466. The standard InChI is InChI=1S/C19H22FN5O2S/c1-11-13(18(27)24-19(22-11)28-3)5-7-17(26)21-9-8-16-23-14-10-12(20)4-6-15(14)25(16)2/h4,6,10H,5,7-9H2,1-3H3,(H,21,26)(H,22,24,27). The Bertz CT molecular complexity index is 1080. The number of nitrogens with zero attached hydrogens (tertiary/aromatic N) is 3. The number of aromatic amines is 1. The third kappa shape index (κ3) is 4.41. The Morgan fingerprint density at radius 1 is 1.32 bits per heavy atom. The Morgan fingerprint density at radius 3 is 2.82 bits per heavy atom. The second-order valence-electron chi connectivity index (χ2n) is 6.46. The molecule has 3 aromatic rings. The van der Waals surface area contributed by atoms with Crippen LogP contribution in [-0.2, 0) is 24.7 Å². The SMILES string of the molecule is CSc1nc(C)c(CCC(=O)NCCc2nc3cc(F)ccc3n2C)c(=O)[nH]1. The first-order chi connectivity index (χ1) is 13.4. The highest BCUT2D eigenvalue weighted by molar-refractivity contribution is 7.98. The zero-order valence-corrected chi connectivity index (χ0v) is 16.8. The number of fused-ring (bicyclic) bond motifs is 1. The topological polar surface area (TPSA) is 92.7 Å². The minimum Gasteiger partial charge on any atom is -0.356 e. The molecule has 28 heavy (non-hydrogen) atoms. The molecule has 3 rings (SSSR count). The first-order valence-corrected chi connectivity index (χ1v) is 10.1. The van der Waals surface area contributed by atoms with Crippen molar-refractivity contribution in [3.63, 3.8) is 0 Å². The van der Waals surface area contributed by atoms with E-state index >= 15 is 0 Å². The molecular formula is C19H22FN5O2S. The highest BCUT2D eigenvalue weighted by atomic mass is 32.2. The normalized spacial score (nSPS) is 11.1. The zero-order valence-electron chi connectivity index (χ0n) is 16.0. The molecule has 1 aromatic carbocycles. The lowest BCUT2D eigenvalue weighted by molar-refractivity contribution is -0.121. The largest absolute Gasteiger partial charge is 0.356 e. The number of benzene rings is 1. The molecule has 2 heterocycles. The number of amides is 1. The van der Waals surface area contributed by atoms with Crippen molar-refractivity contribution < 1.29 is 9.18 Å². The van der Waals surface area contributed by atoms with Crippen molar-refractivity contribution in [1.29, 1.82) is 0 Å². The number of aryl methyl sites for hydroxylation is 2. The van der Waals surface area contributed by atoms with Crippen molar-refractivity contribution >= 4 is 28.7 Å². The van der Waals surface area contributed by atoms with Crippen molar-refractivity contribution in [2.24, 2.45) is 7.05 Å².